The van der Waals surface area contributed by atoms with Crippen molar-refractivity contribution in [2.45, 2.75) is 12.8 Å². The van der Waals surface area contributed by atoms with Gasteiger partial charge in [-0.2, -0.15) is 0 Å². The average Bonchev–Trinajstić information content (AvgIpc) is 3.09. The fourth-order valence-corrected chi connectivity index (χ4v) is 1.24. The molecule has 1 aromatic carbocycles. The number of nitrogens with two attached hydrogens (primary N) is 1. The van der Waals surface area contributed by atoms with Crippen molar-refractivity contribution in [3.05, 3.63) is 24.3 Å². The van der Waals surface area contributed by atoms with Crippen molar-refractivity contribution >= 4 is 11.7 Å². The molecule has 2 rings (SSSR count). The van der Waals surface area contributed by atoms with Crippen LogP contribution in [0.1, 0.15) is 12.8 Å². The van der Waals surface area contributed by atoms with Gasteiger partial charge in [0.2, 0.25) is 0 Å². The minimum atomic E-state index is -0.316. The molecule has 86 valence electrons. The lowest BCUT2D eigenvalue weighted by Gasteiger charge is -2.06. The summed E-state index contributed by atoms with van der Waals surface area (Å²) < 4.78 is 10.3. The highest BCUT2D eigenvalue weighted by atomic mass is 16.6. The van der Waals surface area contributed by atoms with E-state index in [1.165, 1.54) is 12.8 Å². The molecule has 0 atom stereocenters. The SMILES string of the molecule is Nc1ccc(OCC(=O)OCC2CC2)cc1. The normalized spacial score (nSPS) is 14.5. The van der Waals surface area contributed by atoms with Crippen molar-refractivity contribution < 1.29 is 14.3 Å². The van der Waals surface area contributed by atoms with Crippen LogP contribution in [0.4, 0.5) is 5.69 Å². The van der Waals surface area contributed by atoms with E-state index in [9.17, 15) is 4.79 Å². The number of carbonyl (C=O) groups is 1. The second-order valence-corrected chi connectivity index (χ2v) is 3.98. The van der Waals surface area contributed by atoms with Gasteiger partial charge in [0.25, 0.3) is 0 Å². The lowest BCUT2D eigenvalue weighted by Crippen LogP contribution is -2.16. The van der Waals surface area contributed by atoms with E-state index in [1.54, 1.807) is 24.3 Å². The van der Waals surface area contributed by atoms with E-state index in [4.69, 9.17) is 15.2 Å². The Labute approximate surface area is 94.3 Å². The Morgan fingerprint density at radius 3 is 2.62 bits per heavy atom. The minimum absolute atomic E-state index is 0.0450. The Morgan fingerprint density at radius 1 is 1.31 bits per heavy atom. The number of benzene rings is 1. The largest absolute Gasteiger partial charge is 0.482 e. The molecule has 2 N–H and O–H groups in total. The number of hydrogen-bond donors (Lipinski definition) is 1. The molecule has 16 heavy (non-hydrogen) atoms. The summed E-state index contributed by atoms with van der Waals surface area (Å²) in [5, 5.41) is 0. The first kappa shape index (κ1) is 10.8. The third kappa shape index (κ3) is 3.46. The van der Waals surface area contributed by atoms with Crippen LogP contribution in [-0.4, -0.2) is 19.2 Å². The highest BCUT2D eigenvalue weighted by Gasteiger charge is 2.22. The number of ether oxygens (including phenoxy) is 2. The Morgan fingerprint density at radius 2 is 2.00 bits per heavy atom. The fourth-order valence-electron chi connectivity index (χ4n) is 1.24. The topological polar surface area (TPSA) is 61.5 Å². The standard InChI is InChI=1S/C12H15NO3/c13-10-3-5-11(6-4-10)15-8-12(14)16-7-9-1-2-9/h3-6,9H,1-2,7-8,13H2. The Hall–Kier alpha value is -1.71. The first-order valence-corrected chi connectivity index (χ1v) is 5.38. The van der Waals surface area contributed by atoms with Crippen molar-refractivity contribution in [2.75, 3.05) is 18.9 Å². The molecule has 0 aliphatic heterocycles. The van der Waals surface area contributed by atoms with E-state index in [0.717, 1.165) is 0 Å². The third-order valence-electron chi connectivity index (χ3n) is 2.41. The number of nitrogen functional groups attached to an aromatic ring is 1. The van der Waals surface area contributed by atoms with Crippen molar-refractivity contribution in [3.63, 3.8) is 0 Å². The Bertz CT molecular complexity index is 357. The van der Waals surface area contributed by atoms with Crippen LogP contribution < -0.4 is 10.5 Å². The van der Waals surface area contributed by atoms with Gasteiger partial charge in [-0.15, -0.1) is 0 Å². The second kappa shape index (κ2) is 4.88. The van der Waals surface area contributed by atoms with E-state index in [1.807, 2.05) is 0 Å². The summed E-state index contributed by atoms with van der Waals surface area (Å²) in [5.41, 5.74) is 6.19. The van der Waals surface area contributed by atoms with Crippen LogP contribution in [0.3, 0.4) is 0 Å². The molecule has 0 radical (unpaired) electrons. The van der Waals surface area contributed by atoms with Gasteiger partial charge in [-0.25, -0.2) is 4.79 Å². The van der Waals surface area contributed by atoms with Gasteiger partial charge >= 0.3 is 5.97 Å². The van der Waals surface area contributed by atoms with Crippen LogP contribution in [0.5, 0.6) is 5.75 Å². The smallest absolute Gasteiger partial charge is 0.344 e. The highest BCUT2D eigenvalue weighted by molar-refractivity contribution is 5.71. The summed E-state index contributed by atoms with van der Waals surface area (Å²) in [7, 11) is 0. The first-order valence-electron chi connectivity index (χ1n) is 5.38. The summed E-state index contributed by atoms with van der Waals surface area (Å²) in [4.78, 5) is 11.2. The first-order chi connectivity index (χ1) is 7.74. The van der Waals surface area contributed by atoms with E-state index < -0.39 is 0 Å². The molecule has 0 spiro atoms. The molecule has 0 bridgehead atoms. The quantitative estimate of drug-likeness (QED) is 0.606. The number of anilines is 1. The summed E-state index contributed by atoms with van der Waals surface area (Å²) in [6.07, 6.45) is 2.35. The lowest BCUT2D eigenvalue weighted by atomic mass is 10.3. The van der Waals surface area contributed by atoms with Gasteiger partial charge in [0, 0.05) is 5.69 Å². The molecule has 1 aliphatic carbocycles. The number of hydrogen-bond acceptors (Lipinski definition) is 4. The van der Waals surface area contributed by atoms with E-state index in [0.29, 0.717) is 24.0 Å². The van der Waals surface area contributed by atoms with Crippen molar-refractivity contribution in [1.29, 1.82) is 0 Å². The lowest BCUT2D eigenvalue weighted by molar-refractivity contribution is -0.146. The number of carbonyl (C=O) groups excluding carboxylic acids is 1. The monoisotopic (exact) mass is 221 g/mol. The molecular weight excluding hydrogens is 206 g/mol. The van der Waals surface area contributed by atoms with Gasteiger partial charge < -0.3 is 15.2 Å². The fraction of sp³-hybridized carbons (Fsp3) is 0.417. The molecule has 4 nitrogen and oxygen atoms in total. The summed E-state index contributed by atoms with van der Waals surface area (Å²) >= 11 is 0. The van der Waals surface area contributed by atoms with Gasteiger partial charge in [0.05, 0.1) is 6.61 Å². The van der Waals surface area contributed by atoms with E-state index in [2.05, 4.69) is 0 Å². The number of esters is 1. The molecule has 1 fully saturated rings. The van der Waals surface area contributed by atoms with Gasteiger partial charge in [-0.3, -0.25) is 0 Å². The Kier molecular flexibility index (Phi) is 3.29. The molecule has 0 aromatic heterocycles. The molecule has 0 unspecified atom stereocenters. The van der Waals surface area contributed by atoms with Crippen LogP contribution in [0.25, 0.3) is 0 Å². The van der Waals surface area contributed by atoms with Crippen LogP contribution in [0, 0.1) is 5.92 Å². The van der Waals surface area contributed by atoms with Crippen LogP contribution in [-0.2, 0) is 9.53 Å². The Balaban J connectivity index is 1.69. The van der Waals surface area contributed by atoms with E-state index >= 15 is 0 Å². The predicted molar refractivity (Wildman–Crippen MR) is 60.0 cm³/mol. The molecule has 4 heteroatoms. The highest BCUT2D eigenvalue weighted by Crippen LogP contribution is 2.28. The summed E-state index contributed by atoms with van der Waals surface area (Å²) in [6.45, 7) is 0.487. The summed E-state index contributed by atoms with van der Waals surface area (Å²) in [6, 6.07) is 6.91. The maximum Gasteiger partial charge on any atom is 0.344 e. The van der Waals surface area contributed by atoms with Crippen LogP contribution in [0.2, 0.25) is 0 Å². The number of rotatable bonds is 5. The van der Waals surface area contributed by atoms with Gasteiger partial charge in [-0.05, 0) is 43.0 Å². The van der Waals surface area contributed by atoms with Crippen molar-refractivity contribution in [3.8, 4) is 5.75 Å². The molecule has 0 saturated heterocycles. The maximum absolute atomic E-state index is 11.2. The third-order valence-corrected chi connectivity index (χ3v) is 2.41. The minimum Gasteiger partial charge on any atom is -0.482 e. The van der Waals surface area contributed by atoms with Gasteiger partial charge in [0.1, 0.15) is 5.75 Å². The zero-order valence-electron chi connectivity index (χ0n) is 9.02. The van der Waals surface area contributed by atoms with Crippen molar-refractivity contribution in [1.82, 2.24) is 0 Å². The molecule has 0 heterocycles. The van der Waals surface area contributed by atoms with Gasteiger partial charge in [0.15, 0.2) is 6.61 Å². The van der Waals surface area contributed by atoms with Crippen LogP contribution >= 0.6 is 0 Å². The molecule has 1 aromatic rings. The average molecular weight is 221 g/mol. The second-order valence-electron chi connectivity index (χ2n) is 3.98. The maximum atomic E-state index is 11.2. The molecule has 1 aliphatic rings. The zero-order valence-corrected chi connectivity index (χ0v) is 9.02. The van der Waals surface area contributed by atoms with Gasteiger partial charge in [-0.1, -0.05) is 0 Å². The predicted octanol–water partition coefficient (Wildman–Crippen LogP) is 1.60. The van der Waals surface area contributed by atoms with E-state index in [-0.39, 0.29) is 12.6 Å². The molecule has 0 amide bonds. The summed E-state index contributed by atoms with van der Waals surface area (Å²) in [5.74, 6) is 0.891. The molecular formula is C12H15NO3. The van der Waals surface area contributed by atoms with Crippen LogP contribution in [0.15, 0.2) is 24.3 Å². The molecule has 1 saturated carbocycles. The van der Waals surface area contributed by atoms with Crippen molar-refractivity contribution in [2.24, 2.45) is 5.92 Å². The zero-order chi connectivity index (χ0) is 11.4.